The molecule has 6 nitrogen and oxygen atoms in total. The summed E-state index contributed by atoms with van der Waals surface area (Å²) in [6.45, 7) is 7.95. The van der Waals surface area contributed by atoms with Crippen molar-refractivity contribution in [1.29, 1.82) is 0 Å². The Balaban J connectivity index is 1.72. The maximum Gasteiger partial charge on any atom is 0.226 e. The maximum atomic E-state index is 12.6. The molecule has 0 atom stereocenters. The Morgan fingerprint density at radius 2 is 2.00 bits per heavy atom. The summed E-state index contributed by atoms with van der Waals surface area (Å²) in [5.41, 5.74) is 3.82. The molecular formula is C19H23N5OS. The molecule has 0 spiro atoms. The second-order valence-electron chi connectivity index (χ2n) is 7.02. The Labute approximate surface area is 157 Å². The monoisotopic (exact) mass is 369 g/mol. The summed E-state index contributed by atoms with van der Waals surface area (Å²) in [6.07, 6.45) is 2.17. The summed E-state index contributed by atoms with van der Waals surface area (Å²) in [5.74, 6) is -0.0597. The molecule has 0 aliphatic heterocycles. The molecule has 26 heavy (non-hydrogen) atoms. The Bertz CT molecular complexity index is 882. The number of thiazole rings is 1. The fourth-order valence-electron chi connectivity index (χ4n) is 2.65. The third kappa shape index (κ3) is 3.99. The van der Waals surface area contributed by atoms with Crippen LogP contribution in [0.5, 0.6) is 0 Å². The van der Waals surface area contributed by atoms with Crippen molar-refractivity contribution in [3.63, 3.8) is 0 Å². The predicted molar refractivity (Wildman–Crippen MR) is 103 cm³/mol. The van der Waals surface area contributed by atoms with Crippen LogP contribution in [-0.2, 0) is 16.8 Å². The Morgan fingerprint density at radius 3 is 2.65 bits per heavy atom. The highest BCUT2D eigenvalue weighted by atomic mass is 32.1. The lowest BCUT2D eigenvalue weighted by molar-refractivity contribution is -0.122. The molecule has 1 N–H and O–H groups in total. The third-order valence-corrected chi connectivity index (χ3v) is 4.97. The van der Waals surface area contributed by atoms with Crippen LogP contribution >= 0.6 is 11.3 Å². The fourth-order valence-corrected chi connectivity index (χ4v) is 3.43. The lowest BCUT2D eigenvalue weighted by Gasteiger charge is -2.23. The van der Waals surface area contributed by atoms with Gasteiger partial charge in [0.1, 0.15) is 5.69 Å². The molecule has 0 bridgehead atoms. The number of rotatable bonds is 6. The first-order valence-corrected chi connectivity index (χ1v) is 9.46. The summed E-state index contributed by atoms with van der Waals surface area (Å²) < 4.78 is 1.79. The molecule has 2 heterocycles. The van der Waals surface area contributed by atoms with Gasteiger partial charge in [0.15, 0.2) is 0 Å². The molecule has 1 amide bonds. The number of benzene rings is 1. The van der Waals surface area contributed by atoms with Crippen LogP contribution in [0.3, 0.4) is 0 Å². The minimum absolute atomic E-state index is 0.0597. The first kappa shape index (κ1) is 18.3. The van der Waals surface area contributed by atoms with Crippen LogP contribution < -0.4 is 5.32 Å². The van der Waals surface area contributed by atoms with E-state index in [1.807, 2.05) is 64.2 Å². The molecule has 0 saturated heterocycles. The predicted octanol–water partition coefficient (Wildman–Crippen LogP) is 3.58. The van der Waals surface area contributed by atoms with Crippen molar-refractivity contribution in [1.82, 2.24) is 25.3 Å². The van der Waals surface area contributed by atoms with Crippen molar-refractivity contribution in [2.24, 2.45) is 0 Å². The number of carbonyl (C=O) groups is 1. The van der Waals surface area contributed by atoms with Crippen molar-refractivity contribution in [3.8, 4) is 11.3 Å². The summed E-state index contributed by atoms with van der Waals surface area (Å²) in [5, 5.41) is 11.4. The van der Waals surface area contributed by atoms with E-state index < -0.39 is 5.54 Å². The van der Waals surface area contributed by atoms with E-state index in [4.69, 9.17) is 0 Å². The maximum absolute atomic E-state index is 12.6. The van der Waals surface area contributed by atoms with Gasteiger partial charge in [-0.1, -0.05) is 35.5 Å². The van der Waals surface area contributed by atoms with Gasteiger partial charge in [-0.3, -0.25) is 4.79 Å². The van der Waals surface area contributed by atoms with E-state index in [-0.39, 0.29) is 18.4 Å². The van der Waals surface area contributed by atoms with Crippen molar-refractivity contribution in [2.45, 2.75) is 45.7 Å². The van der Waals surface area contributed by atoms with Crippen molar-refractivity contribution in [3.05, 3.63) is 52.6 Å². The summed E-state index contributed by atoms with van der Waals surface area (Å²) >= 11 is 1.50. The average molecular weight is 369 g/mol. The number of hydrogen-bond donors (Lipinski definition) is 1. The molecule has 136 valence electrons. The molecule has 7 heteroatoms. The smallest absolute Gasteiger partial charge is 0.226 e. The Hall–Kier alpha value is -2.54. The highest BCUT2D eigenvalue weighted by Gasteiger charge is 2.27. The lowest BCUT2D eigenvalue weighted by atomic mass is 10.0. The number of hydrogen-bond acceptors (Lipinski definition) is 5. The zero-order valence-electron chi connectivity index (χ0n) is 15.4. The van der Waals surface area contributed by atoms with Crippen molar-refractivity contribution < 1.29 is 4.79 Å². The van der Waals surface area contributed by atoms with E-state index >= 15 is 0 Å². The van der Waals surface area contributed by atoms with E-state index in [1.165, 1.54) is 11.3 Å². The van der Waals surface area contributed by atoms with Crippen LogP contribution in [0.15, 0.2) is 42.0 Å². The van der Waals surface area contributed by atoms with Crippen LogP contribution in [0.1, 0.15) is 44.3 Å². The first-order chi connectivity index (χ1) is 12.4. The summed E-state index contributed by atoms with van der Waals surface area (Å²) in [6, 6.07) is 10.2. The van der Waals surface area contributed by atoms with E-state index in [1.54, 1.807) is 10.2 Å². The molecule has 0 aliphatic rings. The first-order valence-electron chi connectivity index (χ1n) is 8.58. The largest absolute Gasteiger partial charge is 0.345 e. The molecule has 0 unspecified atom stereocenters. The molecule has 1 aromatic carbocycles. The van der Waals surface area contributed by atoms with Gasteiger partial charge in [0.2, 0.25) is 5.91 Å². The number of amides is 1. The van der Waals surface area contributed by atoms with Crippen LogP contribution in [0.25, 0.3) is 11.3 Å². The zero-order valence-corrected chi connectivity index (χ0v) is 16.2. The third-order valence-electron chi connectivity index (χ3n) is 4.14. The normalized spacial score (nSPS) is 11.7. The van der Waals surface area contributed by atoms with E-state index in [2.05, 4.69) is 20.6 Å². The molecule has 0 saturated carbocycles. The van der Waals surface area contributed by atoms with Gasteiger partial charge in [-0.2, -0.15) is 0 Å². The summed E-state index contributed by atoms with van der Waals surface area (Å²) in [7, 11) is 0. The standard InChI is InChI=1S/C19H23N5OS/c1-13(2)24-11-16(22-23-24)19(3,4)21-17(25)10-15-18(20-12-26-15)14-8-6-5-7-9-14/h5-9,11-13H,10H2,1-4H3,(H,21,25). The van der Waals surface area contributed by atoms with E-state index in [9.17, 15) is 4.79 Å². The van der Waals surface area contributed by atoms with Gasteiger partial charge in [-0.05, 0) is 27.7 Å². The average Bonchev–Trinajstić information content (AvgIpc) is 3.24. The van der Waals surface area contributed by atoms with Gasteiger partial charge >= 0.3 is 0 Å². The van der Waals surface area contributed by atoms with Gasteiger partial charge in [-0.25, -0.2) is 9.67 Å². The van der Waals surface area contributed by atoms with E-state index in [0.29, 0.717) is 0 Å². The lowest BCUT2D eigenvalue weighted by Crippen LogP contribution is -2.42. The number of carbonyl (C=O) groups excluding carboxylic acids is 1. The number of nitrogens with one attached hydrogen (secondary N) is 1. The van der Waals surface area contributed by atoms with Crippen molar-refractivity contribution >= 4 is 17.2 Å². The Kier molecular flexibility index (Phi) is 5.18. The highest BCUT2D eigenvalue weighted by molar-refractivity contribution is 7.10. The van der Waals surface area contributed by atoms with E-state index in [0.717, 1.165) is 21.8 Å². The molecular weight excluding hydrogens is 346 g/mol. The van der Waals surface area contributed by atoms with Gasteiger partial charge in [-0.15, -0.1) is 16.4 Å². The topological polar surface area (TPSA) is 72.7 Å². The second kappa shape index (κ2) is 7.37. The molecule has 3 rings (SSSR count). The van der Waals surface area contributed by atoms with Gasteiger partial charge < -0.3 is 5.32 Å². The minimum atomic E-state index is -0.595. The summed E-state index contributed by atoms with van der Waals surface area (Å²) in [4.78, 5) is 18.0. The zero-order chi connectivity index (χ0) is 18.7. The number of nitrogens with zero attached hydrogens (tertiary/aromatic N) is 4. The molecule has 0 fully saturated rings. The fraction of sp³-hybridized carbons (Fsp3) is 0.368. The highest BCUT2D eigenvalue weighted by Crippen LogP contribution is 2.26. The second-order valence-corrected chi connectivity index (χ2v) is 7.96. The molecule has 3 aromatic rings. The SMILES string of the molecule is CC(C)n1cc(C(C)(C)NC(=O)Cc2scnc2-c2ccccc2)nn1. The van der Waals surface area contributed by atoms with Crippen LogP contribution in [0.4, 0.5) is 0 Å². The van der Waals surface area contributed by atoms with Gasteiger partial charge in [0.05, 0.1) is 29.4 Å². The van der Waals surface area contributed by atoms with Crippen molar-refractivity contribution in [2.75, 3.05) is 0 Å². The van der Waals surface area contributed by atoms with Gasteiger partial charge in [0, 0.05) is 16.5 Å². The van der Waals surface area contributed by atoms with Crippen LogP contribution in [-0.4, -0.2) is 25.9 Å². The number of aromatic nitrogens is 4. The Morgan fingerprint density at radius 1 is 1.27 bits per heavy atom. The molecule has 0 radical (unpaired) electrons. The molecule has 0 aliphatic carbocycles. The van der Waals surface area contributed by atoms with Crippen LogP contribution in [0, 0.1) is 0 Å². The minimum Gasteiger partial charge on any atom is -0.345 e. The van der Waals surface area contributed by atoms with Gasteiger partial charge in [0.25, 0.3) is 0 Å². The quantitative estimate of drug-likeness (QED) is 0.721. The van der Waals surface area contributed by atoms with Crippen LogP contribution in [0.2, 0.25) is 0 Å². The molecule has 2 aromatic heterocycles.